The number of aliphatic imine (C=N–C) groups is 1. The SMILES string of the molecule is CCc1ccc(C(=O)N2CCN(C(=O)CCN=C3NS(=O)(=O)c4ccccc43)CC2)cc1. The van der Waals surface area contributed by atoms with Crippen LogP contribution in [0.3, 0.4) is 0 Å². The molecule has 32 heavy (non-hydrogen) atoms. The van der Waals surface area contributed by atoms with Crippen LogP contribution in [-0.4, -0.2) is 68.6 Å². The van der Waals surface area contributed by atoms with Crippen LogP contribution in [-0.2, 0) is 21.2 Å². The molecule has 4 rings (SSSR count). The van der Waals surface area contributed by atoms with Gasteiger partial charge in [-0.1, -0.05) is 31.2 Å². The van der Waals surface area contributed by atoms with Gasteiger partial charge in [0.1, 0.15) is 5.84 Å². The smallest absolute Gasteiger partial charge is 0.263 e. The van der Waals surface area contributed by atoms with Crippen LogP contribution in [0.2, 0.25) is 0 Å². The van der Waals surface area contributed by atoms with E-state index in [1.807, 2.05) is 24.3 Å². The minimum atomic E-state index is -3.58. The molecule has 2 aromatic rings. The van der Waals surface area contributed by atoms with E-state index in [0.717, 1.165) is 6.42 Å². The summed E-state index contributed by atoms with van der Waals surface area (Å²) in [6, 6.07) is 14.3. The molecule has 2 aliphatic rings. The predicted octanol–water partition coefficient (Wildman–Crippen LogP) is 1.66. The second-order valence-corrected chi connectivity index (χ2v) is 9.46. The Labute approximate surface area is 188 Å². The number of hydrogen-bond donors (Lipinski definition) is 1. The van der Waals surface area contributed by atoms with E-state index >= 15 is 0 Å². The van der Waals surface area contributed by atoms with Gasteiger partial charge in [-0.05, 0) is 36.2 Å². The van der Waals surface area contributed by atoms with Crippen LogP contribution < -0.4 is 4.72 Å². The van der Waals surface area contributed by atoms with Crippen molar-refractivity contribution in [2.24, 2.45) is 4.99 Å². The largest absolute Gasteiger partial charge is 0.339 e. The highest BCUT2D eigenvalue weighted by Gasteiger charge is 2.30. The highest BCUT2D eigenvalue weighted by molar-refractivity contribution is 7.90. The Bertz CT molecular complexity index is 1150. The molecule has 1 saturated heterocycles. The number of carbonyl (C=O) groups is 2. The molecule has 0 atom stereocenters. The van der Waals surface area contributed by atoms with Crippen molar-refractivity contribution < 1.29 is 18.0 Å². The number of sulfonamides is 1. The van der Waals surface area contributed by atoms with E-state index in [-0.39, 0.29) is 35.5 Å². The number of amidine groups is 1. The number of fused-ring (bicyclic) bond motifs is 1. The first kappa shape index (κ1) is 22.0. The van der Waals surface area contributed by atoms with Gasteiger partial charge in [0, 0.05) is 43.7 Å². The van der Waals surface area contributed by atoms with Crippen LogP contribution >= 0.6 is 0 Å². The minimum Gasteiger partial charge on any atom is -0.339 e. The molecule has 9 heteroatoms. The van der Waals surface area contributed by atoms with Crippen LogP contribution in [0.15, 0.2) is 58.4 Å². The summed E-state index contributed by atoms with van der Waals surface area (Å²) in [4.78, 5) is 33.3. The quantitative estimate of drug-likeness (QED) is 0.743. The van der Waals surface area contributed by atoms with Crippen molar-refractivity contribution in [1.29, 1.82) is 0 Å². The van der Waals surface area contributed by atoms with E-state index in [4.69, 9.17) is 0 Å². The highest BCUT2D eigenvalue weighted by Crippen LogP contribution is 2.22. The van der Waals surface area contributed by atoms with Crippen molar-refractivity contribution in [3.63, 3.8) is 0 Å². The first-order valence-electron chi connectivity index (χ1n) is 10.7. The van der Waals surface area contributed by atoms with E-state index in [1.54, 1.807) is 28.0 Å². The second-order valence-electron chi connectivity index (χ2n) is 7.81. The van der Waals surface area contributed by atoms with Gasteiger partial charge in [-0.25, -0.2) is 8.42 Å². The number of nitrogens with one attached hydrogen (secondary N) is 1. The number of amides is 2. The Hall–Kier alpha value is -3.20. The maximum absolute atomic E-state index is 12.7. The zero-order chi connectivity index (χ0) is 22.7. The van der Waals surface area contributed by atoms with E-state index in [0.29, 0.717) is 37.3 Å². The van der Waals surface area contributed by atoms with Crippen molar-refractivity contribution >= 4 is 27.7 Å². The van der Waals surface area contributed by atoms with Gasteiger partial charge in [-0.3, -0.25) is 19.3 Å². The first-order valence-corrected chi connectivity index (χ1v) is 12.2. The van der Waals surface area contributed by atoms with Crippen LogP contribution in [0.5, 0.6) is 0 Å². The molecule has 0 bridgehead atoms. The van der Waals surface area contributed by atoms with Gasteiger partial charge in [0.2, 0.25) is 5.91 Å². The van der Waals surface area contributed by atoms with Gasteiger partial charge < -0.3 is 9.80 Å². The third kappa shape index (κ3) is 4.52. The molecule has 168 valence electrons. The fourth-order valence-corrected chi connectivity index (χ4v) is 5.15. The Balaban J connectivity index is 1.29. The lowest BCUT2D eigenvalue weighted by atomic mass is 10.1. The van der Waals surface area contributed by atoms with Gasteiger partial charge in [-0.2, -0.15) is 0 Å². The average molecular weight is 455 g/mol. The molecule has 1 N–H and O–H groups in total. The topological polar surface area (TPSA) is 99.2 Å². The number of carbonyl (C=O) groups excluding carboxylic acids is 2. The Morgan fingerprint density at radius 2 is 1.62 bits per heavy atom. The minimum absolute atomic E-state index is 0.0154. The molecule has 0 spiro atoms. The third-order valence-electron chi connectivity index (χ3n) is 5.79. The number of benzene rings is 2. The lowest BCUT2D eigenvalue weighted by molar-refractivity contribution is -0.132. The summed E-state index contributed by atoms with van der Waals surface area (Å²) in [5.74, 6) is 0.208. The Morgan fingerprint density at radius 1 is 0.969 bits per heavy atom. The Morgan fingerprint density at radius 3 is 2.31 bits per heavy atom. The fourth-order valence-electron chi connectivity index (χ4n) is 3.90. The summed E-state index contributed by atoms with van der Waals surface area (Å²) < 4.78 is 26.7. The maximum atomic E-state index is 12.7. The van der Waals surface area contributed by atoms with Gasteiger partial charge in [-0.15, -0.1) is 0 Å². The number of rotatable bonds is 5. The molecule has 1 fully saturated rings. The molecule has 0 unspecified atom stereocenters. The van der Waals surface area contributed by atoms with E-state index in [1.165, 1.54) is 11.6 Å². The van der Waals surface area contributed by atoms with Crippen molar-refractivity contribution in [1.82, 2.24) is 14.5 Å². The van der Waals surface area contributed by atoms with E-state index in [9.17, 15) is 18.0 Å². The van der Waals surface area contributed by atoms with E-state index < -0.39 is 10.0 Å². The molecule has 2 heterocycles. The van der Waals surface area contributed by atoms with E-state index in [2.05, 4.69) is 16.6 Å². The number of piperazine rings is 1. The summed E-state index contributed by atoms with van der Waals surface area (Å²) in [6.07, 6.45) is 1.11. The molecule has 0 aliphatic carbocycles. The van der Waals surface area contributed by atoms with Crippen molar-refractivity contribution in [3.8, 4) is 0 Å². The van der Waals surface area contributed by atoms with Gasteiger partial charge in [0.15, 0.2) is 0 Å². The van der Waals surface area contributed by atoms with Crippen LogP contribution in [0, 0.1) is 0 Å². The second kappa shape index (κ2) is 9.12. The molecule has 0 aromatic heterocycles. The van der Waals surface area contributed by atoms with Crippen molar-refractivity contribution in [3.05, 3.63) is 65.2 Å². The van der Waals surface area contributed by atoms with Gasteiger partial charge in [0.05, 0.1) is 11.4 Å². The third-order valence-corrected chi connectivity index (χ3v) is 7.18. The zero-order valence-electron chi connectivity index (χ0n) is 18.0. The lowest BCUT2D eigenvalue weighted by Gasteiger charge is -2.34. The van der Waals surface area contributed by atoms with Gasteiger partial charge in [0.25, 0.3) is 15.9 Å². The molecule has 2 aromatic carbocycles. The molecule has 8 nitrogen and oxygen atoms in total. The average Bonchev–Trinajstić information content (AvgIpc) is 3.09. The summed E-state index contributed by atoms with van der Waals surface area (Å²) >= 11 is 0. The van der Waals surface area contributed by atoms with Crippen molar-refractivity contribution in [2.45, 2.75) is 24.7 Å². The number of nitrogens with zero attached hydrogens (tertiary/aromatic N) is 3. The Kier molecular flexibility index (Phi) is 6.27. The summed E-state index contributed by atoms with van der Waals surface area (Å²) in [6.45, 7) is 4.19. The van der Waals surface area contributed by atoms with Crippen molar-refractivity contribution in [2.75, 3.05) is 32.7 Å². The van der Waals surface area contributed by atoms with Crippen LogP contribution in [0.25, 0.3) is 0 Å². The molecular formula is C23H26N4O4S. The van der Waals surface area contributed by atoms with Crippen LogP contribution in [0.4, 0.5) is 0 Å². The summed E-state index contributed by atoms with van der Waals surface area (Å²) in [7, 11) is -3.58. The van der Waals surface area contributed by atoms with Crippen LogP contribution in [0.1, 0.15) is 34.8 Å². The molecule has 0 saturated carbocycles. The number of hydrogen-bond acceptors (Lipinski definition) is 5. The molecule has 2 amide bonds. The van der Waals surface area contributed by atoms with Gasteiger partial charge >= 0.3 is 0 Å². The summed E-state index contributed by atoms with van der Waals surface area (Å²) in [5.41, 5.74) is 2.38. The molecule has 0 radical (unpaired) electrons. The standard InChI is InChI=1S/C23H26N4O4S/c1-2-17-7-9-18(10-8-17)23(29)27-15-13-26(14-16-27)21(28)11-12-24-22-19-5-3-4-6-20(19)32(30,31)25-22/h3-10H,2,11-16H2,1H3,(H,24,25). The fraction of sp³-hybridized carbons (Fsp3) is 0.348. The summed E-state index contributed by atoms with van der Waals surface area (Å²) in [5, 5.41) is 0. The lowest BCUT2D eigenvalue weighted by Crippen LogP contribution is -2.50. The zero-order valence-corrected chi connectivity index (χ0v) is 18.8. The highest BCUT2D eigenvalue weighted by atomic mass is 32.2. The first-order chi connectivity index (χ1) is 15.4. The number of aryl methyl sites for hydroxylation is 1. The molecular weight excluding hydrogens is 428 g/mol. The molecule has 2 aliphatic heterocycles. The monoisotopic (exact) mass is 454 g/mol. The maximum Gasteiger partial charge on any atom is 0.263 e. The normalized spacial score (nSPS) is 18.3. The predicted molar refractivity (Wildman–Crippen MR) is 121 cm³/mol.